The normalized spacial score (nSPS) is 41.5. The molecule has 7 atom stereocenters. The van der Waals surface area contributed by atoms with Crippen LogP contribution in [-0.4, -0.2) is 31.8 Å². The minimum Gasteiger partial charge on any atom is -0.300 e. The van der Waals surface area contributed by atoms with Crippen molar-refractivity contribution in [3.63, 3.8) is 0 Å². The predicted octanol–water partition coefficient (Wildman–Crippen LogP) is 3.64. The Kier molecular flexibility index (Phi) is 4.86. The fourth-order valence-electron chi connectivity index (χ4n) is 7.92. The highest BCUT2D eigenvalue weighted by Crippen LogP contribution is 2.64. The van der Waals surface area contributed by atoms with E-state index in [1.54, 1.807) is 0 Å². The molecule has 0 N–H and O–H groups in total. The van der Waals surface area contributed by atoms with Gasteiger partial charge in [0.1, 0.15) is 12.3 Å². The van der Waals surface area contributed by atoms with E-state index in [4.69, 9.17) is 0 Å². The minimum atomic E-state index is 0.129. The zero-order valence-electron chi connectivity index (χ0n) is 17.8. The van der Waals surface area contributed by atoms with Crippen LogP contribution in [0, 0.1) is 40.9 Å². The molecule has 6 heteroatoms. The van der Waals surface area contributed by atoms with E-state index < -0.39 is 0 Å². The summed E-state index contributed by atoms with van der Waals surface area (Å²) in [7, 11) is 0. The Bertz CT molecular complexity index is 805. The third-order valence-electron chi connectivity index (χ3n) is 9.26. The van der Waals surface area contributed by atoms with E-state index in [0.717, 1.165) is 56.3 Å². The summed E-state index contributed by atoms with van der Waals surface area (Å²) in [5, 5.41) is 12.4. The summed E-state index contributed by atoms with van der Waals surface area (Å²) in [6, 6.07) is 0. The van der Waals surface area contributed by atoms with Gasteiger partial charge in [-0.25, -0.2) is 0 Å². The van der Waals surface area contributed by atoms with Crippen molar-refractivity contribution in [1.82, 2.24) is 20.2 Å². The fraction of sp³-hybridized carbons (Fsp3) is 0.870. The molecule has 0 aliphatic heterocycles. The molecule has 158 valence electrons. The summed E-state index contributed by atoms with van der Waals surface area (Å²) in [5.41, 5.74) is 0.129. The van der Waals surface area contributed by atoms with Crippen molar-refractivity contribution in [2.45, 2.75) is 84.6 Å². The molecule has 0 saturated heterocycles. The average Bonchev–Trinajstić information content (AvgIpc) is 3.30. The van der Waals surface area contributed by atoms with Gasteiger partial charge in [0.2, 0.25) is 0 Å². The molecule has 1 aromatic heterocycles. The van der Waals surface area contributed by atoms with Crippen LogP contribution < -0.4 is 0 Å². The van der Waals surface area contributed by atoms with Crippen molar-refractivity contribution in [2.75, 3.05) is 0 Å². The van der Waals surface area contributed by atoms with Crippen molar-refractivity contribution >= 4 is 11.6 Å². The first-order chi connectivity index (χ1) is 14.0. The van der Waals surface area contributed by atoms with Gasteiger partial charge >= 0.3 is 0 Å². The molecule has 0 spiro atoms. The van der Waals surface area contributed by atoms with Crippen LogP contribution >= 0.6 is 0 Å². The predicted molar refractivity (Wildman–Crippen MR) is 108 cm³/mol. The van der Waals surface area contributed by atoms with Crippen molar-refractivity contribution in [3.8, 4) is 0 Å². The monoisotopic (exact) mass is 398 g/mol. The number of ketones is 2. The zero-order valence-corrected chi connectivity index (χ0v) is 17.8. The number of carbonyl (C=O) groups excluding carboxylic acids is 2. The molecule has 0 bridgehead atoms. The third kappa shape index (κ3) is 3.17. The van der Waals surface area contributed by atoms with Crippen molar-refractivity contribution in [2.24, 2.45) is 40.9 Å². The van der Waals surface area contributed by atoms with Gasteiger partial charge in [-0.05, 0) is 85.2 Å². The number of tetrazole rings is 1. The molecule has 0 unspecified atom stereocenters. The van der Waals surface area contributed by atoms with Gasteiger partial charge in [0.15, 0.2) is 11.6 Å². The van der Waals surface area contributed by atoms with E-state index in [1.165, 1.54) is 30.5 Å². The second kappa shape index (κ2) is 7.28. The Balaban J connectivity index is 1.31. The van der Waals surface area contributed by atoms with Gasteiger partial charge in [-0.2, -0.15) is 4.80 Å². The lowest BCUT2D eigenvalue weighted by Crippen LogP contribution is -2.49. The SMILES string of the molecule is CCc1nnn(CC(=O)[C@H]2CC[C@H]3[C@@H]4CC[C@H]5CC(=O)CC[C@@H]5[C@H]4CC[C@]23C)n1. The molecule has 1 heterocycles. The van der Waals surface area contributed by atoms with Crippen LogP contribution in [0.1, 0.15) is 77.5 Å². The Hall–Kier alpha value is -1.59. The van der Waals surface area contributed by atoms with Crippen LogP contribution in [0.2, 0.25) is 0 Å². The lowest BCUT2D eigenvalue weighted by Gasteiger charge is -2.55. The van der Waals surface area contributed by atoms with Crippen molar-refractivity contribution in [1.29, 1.82) is 0 Å². The van der Waals surface area contributed by atoms with Gasteiger partial charge in [0.25, 0.3) is 0 Å². The molecular weight excluding hydrogens is 364 g/mol. The maximum absolute atomic E-state index is 13.2. The Morgan fingerprint density at radius 2 is 1.97 bits per heavy atom. The van der Waals surface area contributed by atoms with Gasteiger partial charge in [-0.15, -0.1) is 10.2 Å². The highest BCUT2D eigenvalue weighted by molar-refractivity contribution is 5.82. The minimum absolute atomic E-state index is 0.129. The topological polar surface area (TPSA) is 77.7 Å². The summed E-state index contributed by atoms with van der Waals surface area (Å²) in [6.07, 6.45) is 10.6. The molecule has 4 aliphatic carbocycles. The van der Waals surface area contributed by atoms with Crippen molar-refractivity contribution < 1.29 is 9.59 Å². The van der Waals surface area contributed by atoms with Crippen LogP contribution in [0.15, 0.2) is 0 Å². The number of nitrogens with zero attached hydrogens (tertiary/aromatic N) is 4. The number of fused-ring (bicyclic) bond motifs is 5. The molecule has 6 nitrogen and oxygen atoms in total. The smallest absolute Gasteiger partial charge is 0.174 e. The van der Waals surface area contributed by atoms with Crippen LogP contribution in [0.5, 0.6) is 0 Å². The Morgan fingerprint density at radius 1 is 1.10 bits per heavy atom. The summed E-state index contributed by atoms with van der Waals surface area (Å²) in [5.74, 6) is 5.25. The molecular formula is C23H34N4O2. The van der Waals surface area contributed by atoms with E-state index >= 15 is 0 Å². The summed E-state index contributed by atoms with van der Waals surface area (Å²) >= 11 is 0. The maximum Gasteiger partial charge on any atom is 0.174 e. The van der Waals surface area contributed by atoms with Crippen LogP contribution in [-0.2, 0) is 22.6 Å². The molecule has 29 heavy (non-hydrogen) atoms. The number of hydrogen-bond acceptors (Lipinski definition) is 5. The van der Waals surface area contributed by atoms with Gasteiger partial charge < -0.3 is 0 Å². The molecule has 4 aliphatic rings. The number of carbonyl (C=O) groups is 2. The van der Waals surface area contributed by atoms with Gasteiger partial charge in [0.05, 0.1) is 0 Å². The highest BCUT2D eigenvalue weighted by Gasteiger charge is 2.58. The molecule has 0 radical (unpaired) electrons. The molecule has 5 rings (SSSR count). The lowest BCUT2D eigenvalue weighted by atomic mass is 9.49. The molecule has 0 amide bonds. The average molecular weight is 399 g/mol. The van der Waals surface area contributed by atoms with Gasteiger partial charge in [-0.1, -0.05) is 13.8 Å². The molecule has 4 fully saturated rings. The number of aromatic nitrogens is 4. The maximum atomic E-state index is 13.2. The van der Waals surface area contributed by atoms with Gasteiger partial charge in [0, 0.05) is 25.2 Å². The molecule has 0 aromatic carbocycles. The van der Waals surface area contributed by atoms with Crippen molar-refractivity contribution in [3.05, 3.63) is 5.82 Å². The quantitative estimate of drug-likeness (QED) is 0.774. The standard InChI is InChI=1S/C23H34N4O2/c1-3-22-24-26-27(25-22)13-21(29)20-9-8-19-18-6-4-14-12-15(28)5-7-16(14)17(18)10-11-23(19,20)2/h14,16-20H,3-13H2,1-2H3/t14-,16-,17+,18+,19-,20+,23-/m0/s1. The number of hydrogen-bond donors (Lipinski definition) is 0. The largest absolute Gasteiger partial charge is 0.300 e. The first kappa shape index (κ1) is 19.4. The number of aryl methyl sites for hydroxylation is 1. The van der Waals surface area contributed by atoms with E-state index in [0.29, 0.717) is 29.2 Å². The van der Waals surface area contributed by atoms with Crippen LogP contribution in [0.3, 0.4) is 0 Å². The van der Waals surface area contributed by atoms with Crippen LogP contribution in [0.4, 0.5) is 0 Å². The lowest BCUT2D eigenvalue weighted by molar-refractivity contribution is -0.134. The summed E-state index contributed by atoms with van der Waals surface area (Å²) < 4.78 is 0. The second-order valence-electron chi connectivity index (χ2n) is 10.4. The Morgan fingerprint density at radius 3 is 2.76 bits per heavy atom. The highest BCUT2D eigenvalue weighted by atomic mass is 16.1. The first-order valence-electron chi connectivity index (χ1n) is 11.8. The van der Waals surface area contributed by atoms with E-state index in [2.05, 4.69) is 22.3 Å². The van der Waals surface area contributed by atoms with Gasteiger partial charge in [-0.3, -0.25) is 9.59 Å². The van der Waals surface area contributed by atoms with E-state index in [9.17, 15) is 9.59 Å². The number of Topliss-reactive ketones (excluding diaryl/α,β-unsaturated/α-hetero) is 2. The van der Waals surface area contributed by atoms with E-state index in [1.807, 2.05) is 6.92 Å². The van der Waals surface area contributed by atoms with E-state index in [-0.39, 0.29) is 17.9 Å². The fourth-order valence-corrected chi connectivity index (χ4v) is 7.92. The first-order valence-corrected chi connectivity index (χ1v) is 11.8. The molecule has 4 saturated carbocycles. The third-order valence-corrected chi connectivity index (χ3v) is 9.26. The molecule has 1 aromatic rings. The summed E-state index contributed by atoms with van der Waals surface area (Å²) in [4.78, 5) is 26.7. The van der Waals surface area contributed by atoms with Crippen LogP contribution in [0.25, 0.3) is 0 Å². The number of rotatable bonds is 4. The zero-order chi connectivity index (χ0) is 20.2. The Labute approximate surface area is 173 Å². The summed E-state index contributed by atoms with van der Waals surface area (Å²) in [6.45, 7) is 4.66. The second-order valence-corrected chi connectivity index (χ2v) is 10.4.